The zero-order valence-corrected chi connectivity index (χ0v) is 13.2. The summed E-state index contributed by atoms with van der Waals surface area (Å²) in [7, 11) is 1.38. The first-order chi connectivity index (χ1) is 11.7. The Morgan fingerprint density at radius 1 is 1.21 bits per heavy atom. The Balaban J connectivity index is 1.88. The maximum absolute atomic E-state index is 13.7. The zero-order chi connectivity index (χ0) is 16.7. The summed E-state index contributed by atoms with van der Waals surface area (Å²) in [5.41, 5.74) is 3.84. The summed E-state index contributed by atoms with van der Waals surface area (Å²) in [4.78, 5) is 15.5. The fraction of sp³-hybridized carbons (Fsp3) is 0.211. The lowest BCUT2D eigenvalue weighted by atomic mass is 9.90. The molecule has 122 valence electrons. The van der Waals surface area contributed by atoms with E-state index in [-0.39, 0.29) is 17.8 Å². The molecule has 2 N–H and O–H groups in total. The largest absolute Gasteiger partial charge is 0.468 e. The molecule has 0 fully saturated rings. The Morgan fingerprint density at radius 2 is 2.04 bits per heavy atom. The molecular weight excluding hydrogens is 307 g/mol. The number of hydrogen-bond donors (Lipinski definition) is 2. The van der Waals surface area contributed by atoms with E-state index in [9.17, 15) is 9.18 Å². The number of carbonyl (C=O) groups excluding carboxylic acids is 1. The Morgan fingerprint density at radius 3 is 2.83 bits per heavy atom. The van der Waals surface area contributed by atoms with Crippen LogP contribution in [0, 0.1) is 5.82 Å². The van der Waals surface area contributed by atoms with Crippen molar-refractivity contribution in [3.63, 3.8) is 0 Å². The van der Waals surface area contributed by atoms with Crippen LogP contribution in [-0.2, 0) is 16.0 Å². The molecule has 24 heavy (non-hydrogen) atoms. The van der Waals surface area contributed by atoms with Gasteiger partial charge in [0.1, 0.15) is 11.9 Å². The van der Waals surface area contributed by atoms with Gasteiger partial charge < -0.3 is 9.72 Å². The van der Waals surface area contributed by atoms with Gasteiger partial charge in [-0.15, -0.1) is 0 Å². The summed E-state index contributed by atoms with van der Waals surface area (Å²) in [6.07, 6.45) is 0.540. The molecule has 0 unspecified atom stereocenters. The highest BCUT2D eigenvalue weighted by atomic mass is 19.1. The van der Waals surface area contributed by atoms with Crippen molar-refractivity contribution in [2.75, 3.05) is 7.11 Å². The lowest BCUT2D eigenvalue weighted by molar-refractivity contribution is -0.143. The molecule has 0 spiro atoms. The van der Waals surface area contributed by atoms with Crippen LogP contribution in [0.2, 0.25) is 0 Å². The molecule has 0 radical (unpaired) electrons. The van der Waals surface area contributed by atoms with Gasteiger partial charge in [0.05, 0.1) is 13.2 Å². The SMILES string of the molecule is COC(=O)[C@H]1Cc2c([nH]c3ccccc23)[C@@H](c2cccc(F)c2)N1. The maximum Gasteiger partial charge on any atom is 0.323 e. The summed E-state index contributed by atoms with van der Waals surface area (Å²) in [6, 6.07) is 13.7. The third-order valence-corrected chi connectivity index (χ3v) is 4.58. The molecular formula is C19H17FN2O2. The fourth-order valence-electron chi connectivity index (χ4n) is 3.48. The number of rotatable bonds is 2. The Kier molecular flexibility index (Phi) is 3.58. The first-order valence-corrected chi connectivity index (χ1v) is 7.86. The lowest BCUT2D eigenvalue weighted by Crippen LogP contribution is -2.45. The molecule has 0 saturated carbocycles. The van der Waals surface area contributed by atoms with Crippen LogP contribution in [0.3, 0.4) is 0 Å². The van der Waals surface area contributed by atoms with Crippen LogP contribution >= 0.6 is 0 Å². The zero-order valence-electron chi connectivity index (χ0n) is 13.2. The molecule has 1 aromatic heterocycles. The lowest BCUT2D eigenvalue weighted by Gasteiger charge is -2.30. The van der Waals surface area contributed by atoms with E-state index in [1.807, 2.05) is 30.3 Å². The number of benzene rings is 2. The van der Waals surface area contributed by atoms with E-state index in [1.54, 1.807) is 6.07 Å². The van der Waals surface area contributed by atoms with Gasteiger partial charge in [0.15, 0.2) is 0 Å². The van der Waals surface area contributed by atoms with Gasteiger partial charge in [-0.25, -0.2) is 4.39 Å². The summed E-state index contributed by atoms with van der Waals surface area (Å²) in [5, 5.41) is 4.38. The van der Waals surface area contributed by atoms with E-state index >= 15 is 0 Å². The van der Waals surface area contributed by atoms with Gasteiger partial charge in [-0.05, 0) is 29.3 Å². The fourth-order valence-corrected chi connectivity index (χ4v) is 3.48. The Hall–Kier alpha value is -2.66. The normalized spacial score (nSPS) is 19.9. The second kappa shape index (κ2) is 5.76. The van der Waals surface area contributed by atoms with E-state index in [1.165, 1.54) is 19.2 Å². The number of halogens is 1. The van der Waals surface area contributed by atoms with Gasteiger partial charge in [-0.1, -0.05) is 30.3 Å². The number of hydrogen-bond acceptors (Lipinski definition) is 3. The Bertz CT molecular complexity index is 919. The quantitative estimate of drug-likeness (QED) is 0.712. The molecule has 2 heterocycles. The van der Waals surface area contributed by atoms with Crippen LogP contribution in [0.4, 0.5) is 4.39 Å². The Labute approximate surface area is 138 Å². The van der Waals surface area contributed by atoms with Crippen molar-refractivity contribution >= 4 is 16.9 Å². The van der Waals surface area contributed by atoms with Crippen LogP contribution < -0.4 is 5.32 Å². The minimum absolute atomic E-state index is 0.291. The molecule has 1 aliphatic rings. The highest BCUT2D eigenvalue weighted by molar-refractivity contribution is 5.87. The summed E-state index contributed by atoms with van der Waals surface area (Å²) in [5.74, 6) is -0.612. The van der Waals surface area contributed by atoms with Crippen molar-refractivity contribution in [2.45, 2.75) is 18.5 Å². The molecule has 0 aliphatic carbocycles. The number of H-pyrrole nitrogens is 1. The minimum Gasteiger partial charge on any atom is -0.468 e. The molecule has 2 aromatic carbocycles. The van der Waals surface area contributed by atoms with Crippen LogP contribution in [0.25, 0.3) is 10.9 Å². The topological polar surface area (TPSA) is 54.1 Å². The van der Waals surface area contributed by atoms with Crippen LogP contribution in [0.5, 0.6) is 0 Å². The highest BCUT2D eigenvalue weighted by Gasteiger charge is 2.34. The number of methoxy groups -OCH3 is 1. The van der Waals surface area contributed by atoms with Crippen molar-refractivity contribution < 1.29 is 13.9 Å². The smallest absolute Gasteiger partial charge is 0.323 e. The second-order valence-electron chi connectivity index (χ2n) is 6.00. The van der Waals surface area contributed by atoms with E-state index in [2.05, 4.69) is 10.3 Å². The molecule has 2 atom stereocenters. The molecule has 1 aliphatic heterocycles. The van der Waals surface area contributed by atoms with Crippen LogP contribution in [-0.4, -0.2) is 24.1 Å². The first-order valence-electron chi connectivity index (χ1n) is 7.86. The van der Waals surface area contributed by atoms with Crippen molar-refractivity contribution in [1.82, 2.24) is 10.3 Å². The molecule has 0 amide bonds. The third-order valence-electron chi connectivity index (χ3n) is 4.58. The van der Waals surface area contributed by atoms with E-state index < -0.39 is 6.04 Å². The second-order valence-corrected chi connectivity index (χ2v) is 6.00. The predicted octanol–water partition coefficient (Wildman–Crippen LogP) is 3.08. The highest BCUT2D eigenvalue weighted by Crippen LogP contribution is 2.35. The van der Waals surface area contributed by atoms with Crippen LogP contribution in [0.15, 0.2) is 48.5 Å². The third kappa shape index (κ3) is 2.37. The summed E-state index contributed by atoms with van der Waals surface area (Å²) in [6.45, 7) is 0. The predicted molar refractivity (Wildman–Crippen MR) is 89.2 cm³/mol. The molecule has 4 nitrogen and oxygen atoms in total. The number of carbonyl (C=O) groups is 1. The van der Waals surface area contributed by atoms with Crippen molar-refractivity contribution in [3.8, 4) is 0 Å². The average molecular weight is 324 g/mol. The molecule has 0 saturated heterocycles. The average Bonchev–Trinajstić information content (AvgIpc) is 2.99. The number of aromatic nitrogens is 1. The van der Waals surface area contributed by atoms with E-state index in [4.69, 9.17) is 4.74 Å². The summed E-state index contributed by atoms with van der Waals surface area (Å²) >= 11 is 0. The van der Waals surface area contributed by atoms with Gasteiger partial charge in [-0.2, -0.15) is 0 Å². The molecule has 3 aromatic rings. The van der Waals surface area contributed by atoms with Gasteiger partial charge in [-0.3, -0.25) is 10.1 Å². The standard InChI is InChI=1S/C19H17FN2O2/c1-24-19(23)16-10-14-13-7-2-3-8-15(13)21-18(14)17(22-16)11-5-4-6-12(20)9-11/h2-9,16-17,21-22H,10H2,1H3/t16-,17-/m1/s1. The molecule has 4 rings (SSSR count). The number of esters is 1. The van der Waals surface area contributed by atoms with Gasteiger partial charge in [0, 0.05) is 23.0 Å². The number of nitrogens with one attached hydrogen (secondary N) is 2. The minimum atomic E-state index is -0.463. The van der Waals surface area contributed by atoms with Crippen molar-refractivity contribution in [1.29, 1.82) is 0 Å². The monoisotopic (exact) mass is 324 g/mol. The first kappa shape index (κ1) is 14.9. The van der Waals surface area contributed by atoms with Crippen molar-refractivity contribution in [2.24, 2.45) is 0 Å². The number of ether oxygens (including phenoxy) is 1. The van der Waals surface area contributed by atoms with Gasteiger partial charge in [0.2, 0.25) is 0 Å². The molecule has 5 heteroatoms. The number of aromatic amines is 1. The number of fused-ring (bicyclic) bond motifs is 3. The van der Waals surface area contributed by atoms with Crippen molar-refractivity contribution in [3.05, 3.63) is 71.2 Å². The van der Waals surface area contributed by atoms with Crippen LogP contribution in [0.1, 0.15) is 22.9 Å². The maximum atomic E-state index is 13.7. The number of para-hydroxylation sites is 1. The molecule has 0 bridgehead atoms. The van der Waals surface area contributed by atoms with Gasteiger partial charge in [0.25, 0.3) is 0 Å². The summed E-state index contributed by atoms with van der Waals surface area (Å²) < 4.78 is 18.6. The van der Waals surface area contributed by atoms with Gasteiger partial charge >= 0.3 is 5.97 Å². The van der Waals surface area contributed by atoms with E-state index in [0.717, 1.165) is 27.7 Å². The van der Waals surface area contributed by atoms with E-state index in [0.29, 0.717) is 6.42 Å².